The fraction of sp³-hybridized carbons (Fsp3) is 0.667. The second kappa shape index (κ2) is 7.16. The first kappa shape index (κ1) is 15.4. The standard InChI is InChI=1S/C12H19BrN4O3/c1-19-4-3-17-12(18)11(13)10(7-15-17)16-2-5-20-9(6-14)8-16/h7,9H,2-6,8,14H2,1H3. The van der Waals surface area contributed by atoms with E-state index in [0.29, 0.717) is 37.3 Å². The summed E-state index contributed by atoms with van der Waals surface area (Å²) in [6.45, 7) is 3.33. The second-order valence-corrected chi connectivity index (χ2v) is 5.33. The lowest BCUT2D eigenvalue weighted by Crippen LogP contribution is -2.46. The number of rotatable bonds is 5. The van der Waals surface area contributed by atoms with Crippen molar-refractivity contribution in [2.24, 2.45) is 5.73 Å². The second-order valence-electron chi connectivity index (χ2n) is 4.54. The maximum Gasteiger partial charge on any atom is 0.283 e. The Labute approximate surface area is 125 Å². The van der Waals surface area contributed by atoms with Gasteiger partial charge >= 0.3 is 0 Å². The van der Waals surface area contributed by atoms with Crippen LogP contribution in [0.2, 0.25) is 0 Å². The number of aromatic nitrogens is 2. The summed E-state index contributed by atoms with van der Waals surface area (Å²) in [5.74, 6) is 0. The lowest BCUT2D eigenvalue weighted by Gasteiger charge is -2.34. The third-order valence-corrected chi connectivity index (χ3v) is 3.96. The number of nitrogens with zero attached hydrogens (tertiary/aromatic N) is 3. The zero-order valence-corrected chi connectivity index (χ0v) is 13.0. The molecule has 2 heterocycles. The summed E-state index contributed by atoms with van der Waals surface area (Å²) in [7, 11) is 1.59. The van der Waals surface area contributed by atoms with Crippen LogP contribution in [0.1, 0.15) is 0 Å². The highest BCUT2D eigenvalue weighted by Crippen LogP contribution is 2.23. The van der Waals surface area contributed by atoms with E-state index in [2.05, 4.69) is 25.9 Å². The van der Waals surface area contributed by atoms with E-state index < -0.39 is 0 Å². The Balaban J connectivity index is 2.20. The summed E-state index contributed by atoms with van der Waals surface area (Å²) >= 11 is 3.37. The molecule has 7 nitrogen and oxygen atoms in total. The summed E-state index contributed by atoms with van der Waals surface area (Å²) in [6.07, 6.45) is 1.69. The maximum atomic E-state index is 12.2. The number of ether oxygens (including phenoxy) is 2. The highest BCUT2D eigenvalue weighted by molar-refractivity contribution is 9.10. The lowest BCUT2D eigenvalue weighted by atomic mass is 10.2. The molecule has 1 atom stereocenters. The van der Waals surface area contributed by atoms with Gasteiger partial charge in [-0.1, -0.05) is 0 Å². The molecule has 1 fully saturated rings. The third-order valence-electron chi connectivity index (χ3n) is 3.22. The molecule has 0 amide bonds. The molecule has 2 rings (SSSR count). The maximum absolute atomic E-state index is 12.2. The Morgan fingerprint density at radius 3 is 3.15 bits per heavy atom. The largest absolute Gasteiger partial charge is 0.383 e. The average molecular weight is 347 g/mol. The van der Waals surface area contributed by atoms with Crippen molar-refractivity contribution < 1.29 is 9.47 Å². The van der Waals surface area contributed by atoms with Crippen molar-refractivity contribution in [1.82, 2.24) is 9.78 Å². The van der Waals surface area contributed by atoms with E-state index >= 15 is 0 Å². The minimum absolute atomic E-state index is 0.00780. The van der Waals surface area contributed by atoms with Crippen LogP contribution in [0.4, 0.5) is 5.69 Å². The molecule has 1 unspecified atom stereocenters. The van der Waals surface area contributed by atoms with Crippen LogP contribution in [0.25, 0.3) is 0 Å². The van der Waals surface area contributed by atoms with Crippen molar-refractivity contribution in [2.45, 2.75) is 12.6 Å². The normalized spacial score (nSPS) is 19.4. The van der Waals surface area contributed by atoms with Gasteiger partial charge in [0.15, 0.2) is 0 Å². The van der Waals surface area contributed by atoms with Gasteiger partial charge in [0.1, 0.15) is 4.47 Å². The van der Waals surface area contributed by atoms with Crippen LogP contribution in [0.3, 0.4) is 0 Å². The fourth-order valence-electron chi connectivity index (χ4n) is 2.09. The zero-order valence-electron chi connectivity index (χ0n) is 11.4. The van der Waals surface area contributed by atoms with E-state index in [1.807, 2.05) is 0 Å². The minimum atomic E-state index is -0.157. The summed E-state index contributed by atoms with van der Waals surface area (Å²) in [4.78, 5) is 14.3. The van der Waals surface area contributed by atoms with E-state index in [9.17, 15) is 4.79 Å². The molecule has 1 aromatic rings. The highest BCUT2D eigenvalue weighted by Gasteiger charge is 2.22. The molecule has 8 heteroatoms. The SMILES string of the molecule is COCCn1ncc(N2CCOC(CN)C2)c(Br)c1=O. The van der Waals surface area contributed by atoms with Crippen molar-refractivity contribution in [1.29, 1.82) is 0 Å². The number of hydrogen-bond donors (Lipinski definition) is 1. The van der Waals surface area contributed by atoms with E-state index in [1.165, 1.54) is 4.68 Å². The molecule has 20 heavy (non-hydrogen) atoms. The topological polar surface area (TPSA) is 82.6 Å². The third kappa shape index (κ3) is 3.38. The molecule has 0 spiro atoms. The summed E-state index contributed by atoms with van der Waals surface area (Å²) in [5.41, 5.74) is 6.26. The van der Waals surface area contributed by atoms with E-state index in [0.717, 1.165) is 12.2 Å². The molecule has 2 N–H and O–H groups in total. The number of halogens is 1. The average Bonchev–Trinajstić information content (AvgIpc) is 2.49. The van der Waals surface area contributed by atoms with Gasteiger partial charge < -0.3 is 20.1 Å². The predicted molar refractivity (Wildman–Crippen MR) is 79.1 cm³/mol. The summed E-state index contributed by atoms with van der Waals surface area (Å²) < 4.78 is 12.4. The quantitative estimate of drug-likeness (QED) is 0.796. The van der Waals surface area contributed by atoms with Crippen molar-refractivity contribution in [2.75, 3.05) is 44.9 Å². The molecule has 1 saturated heterocycles. The molecule has 0 bridgehead atoms. The molecule has 0 radical (unpaired) electrons. The van der Waals surface area contributed by atoms with Crippen molar-refractivity contribution in [3.63, 3.8) is 0 Å². The van der Waals surface area contributed by atoms with Gasteiger partial charge in [-0.15, -0.1) is 0 Å². The van der Waals surface area contributed by atoms with E-state index in [-0.39, 0.29) is 11.7 Å². The van der Waals surface area contributed by atoms with Crippen LogP contribution in [-0.2, 0) is 16.0 Å². The van der Waals surface area contributed by atoms with Crippen molar-refractivity contribution >= 4 is 21.6 Å². The first-order valence-electron chi connectivity index (χ1n) is 6.48. The monoisotopic (exact) mass is 346 g/mol. The van der Waals surface area contributed by atoms with Gasteiger partial charge in [0, 0.05) is 26.7 Å². The number of nitrogens with two attached hydrogens (primary N) is 1. The summed E-state index contributed by atoms with van der Waals surface area (Å²) in [5, 5.41) is 4.18. The van der Waals surface area contributed by atoms with E-state index in [1.54, 1.807) is 13.3 Å². The molecule has 0 saturated carbocycles. The summed E-state index contributed by atoms with van der Waals surface area (Å²) in [6, 6.07) is 0. The van der Waals surface area contributed by atoms with Crippen LogP contribution >= 0.6 is 15.9 Å². The van der Waals surface area contributed by atoms with Gasteiger partial charge in [0.05, 0.1) is 37.7 Å². The fourth-order valence-corrected chi connectivity index (χ4v) is 2.65. The van der Waals surface area contributed by atoms with Gasteiger partial charge in [-0.25, -0.2) is 4.68 Å². The Morgan fingerprint density at radius 2 is 2.45 bits per heavy atom. The smallest absolute Gasteiger partial charge is 0.283 e. The molecule has 0 aromatic carbocycles. The Kier molecular flexibility index (Phi) is 5.53. The first-order chi connectivity index (χ1) is 9.67. The van der Waals surface area contributed by atoms with E-state index in [4.69, 9.17) is 15.2 Å². The van der Waals surface area contributed by atoms with Crippen LogP contribution in [0.5, 0.6) is 0 Å². The Morgan fingerprint density at radius 1 is 1.65 bits per heavy atom. The van der Waals surface area contributed by atoms with Crippen molar-refractivity contribution in [3.8, 4) is 0 Å². The molecule has 1 aromatic heterocycles. The van der Waals surface area contributed by atoms with Gasteiger partial charge in [-0.2, -0.15) is 5.10 Å². The van der Waals surface area contributed by atoms with Gasteiger partial charge in [-0.05, 0) is 15.9 Å². The number of hydrogen-bond acceptors (Lipinski definition) is 6. The molecule has 1 aliphatic rings. The first-order valence-corrected chi connectivity index (χ1v) is 7.27. The van der Waals surface area contributed by atoms with Crippen LogP contribution < -0.4 is 16.2 Å². The minimum Gasteiger partial charge on any atom is -0.383 e. The zero-order chi connectivity index (χ0) is 14.5. The van der Waals surface area contributed by atoms with Gasteiger partial charge in [0.2, 0.25) is 0 Å². The number of anilines is 1. The predicted octanol–water partition coefficient (Wildman–Crippen LogP) is -0.184. The molecular weight excluding hydrogens is 328 g/mol. The molecule has 0 aliphatic carbocycles. The van der Waals surface area contributed by atoms with Gasteiger partial charge in [0.25, 0.3) is 5.56 Å². The molecule has 112 valence electrons. The Hall–Kier alpha value is -0.960. The van der Waals surface area contributed by atoms with Crippen LogP contribution in [-0.4, -0.2) is 55.8 Å². The number of methoxy groups -OCH3 is 1. The Bertz CT molecular complexity index is 508. The molecule has 1 aliphatic heterocycles. The van der Waals surface area contributed by atoms with Crippen LogP contribution in [0, 0.1) is 0 Å². The van der Waals surface area contributed by atoms with Crippen LogP contribution in [0.15, 0.2) is 15.5 Å². The highest BCUT2D eigenvalue weighted by atomic mass is 79.9. The molecular formula is C12H19BrN4O3. The van der Waals surface area contributed by atoms with Crippen molar-refractivity contribution in [3.05, 3.63) is 21.0 Å². The number of morpholine rings is 1. The van der Waals surface area contributed by atoms with Gasteiger partial charge in [-0.3, -0.25) is 4.79 Å². The lowest BCUT2D eigenvalue weighted by molar-refractivity contribution is 0.0465.